The van der Waals surface area contributed by atoms with E-state index in [0.29, 0.717) is 17.1 Å². The zero-order chi connectivity index (χ0) is 22.3. The quantitative estimate of drug-likeness (QED) is 0.335. The lowest BCUT2D eigenvalue weighted by atomic mass is 9.86. The fourth-order valence-electron chi connectivity index (χ4n) is 4.00. The van der Waals surface area contributed by atoms with Gasteiger partial charge in [-0.1, -0.05) is 91.0 Å². The normalized spacial score (nSPS) is 13.9. The van der Waals surface area contributed by atoms with Gasteiger partial charge in [0.2, 0.25) is 0 Å². The number of aryl methyl sites for hydroxylation is 1. The number of carbonyl (C=O) groups is 1. The van der Waals surface area contributed by atoms with Crippen molar-refractivity contribution in [3.8, 4) is 0 Å². The Bertz CT molecular complexity index is 1170. The number of benzene rings is 3. The van der Waals surface area contributed by atoms with Gasteiger partial charge in [0.1, 0.15) is 0 Å². The van der Waals surface area contributed by atoms with Crippen molar-refractivity contribution >= 4 is 16.6 Å². The Kier molecular flexibility index (Phi) is 7.07. The third-order valence-corrected chi connectivity index (χ3v) is 7.49. The number of rotatable bonds is 9. The summed E-state index contributed by atoms with van der Waals surface area (Å²) in [6, 6.07) is 29.3. The lowest BCUT2D eigenvalue weighted by Gasteiger charge is -2.27. The highest BCUT2D eigenvalue weighted by Crippen LogP contribution is 2.32. The lowest BCUT2D eigenvalue weighted by Crippen LogP contribution is -2.30. The minimum atomic E-state index is -1.41. The molecule has 0 fully saturated rings. The van der Waals surface area contributed by atoms with Crippen molar-refractivity contribution in [2.75, 3.05) is 0 Å². The average Bonchev–Trinajstić information content (AvgIpc) is 3.28. The van der Waals surface area contributed by atoms with Gasteiger partial charge in [-0.25, -0.2) is 4.98 Å². The molecule has 162 valence electrons. The minimum absolute atomic E-state index is 0.0503. The van der Waals surface area contributed by atoms with E-state index in [1.54, 1.807) is 17.0 Å². The van der Waals surface area contributed by atoms with Gasteiger partial charge >= 0.3 is 0 Å². The molecule has 0 bridgehead atoms. The number of imidazole rings is 1. The molecule has 1 aromatic heterocycles. The highest BCUT2D eigenvalue weighted by Gasteiger charge is 2.33. The van der Waals surface area contributed by atoms with Gasteiger partial charge in [0.25, 0.3) is 0 Å². The summed E-state index contributed by atoms with van der Waals surface area (Å²) in [5.41, 5.74) is 2.78. The zero-order valence-electron chi connectivity index (χ0n) is 18.0. The van der Waals surface area contributed by atoms with Gasteiger partial charge in [0.05, 0.1) is 16.0 Å². The molecule has 0 N–H and O–H groups in total. The molecule has 0 saturated heterocycles. The highest BCUT2D eigenvalue weighted by atomic mass is 32.2. The number of hydrogen-bond donors (Lipinski definition) is 0. The first kappa shape index (κ1) is 21.9. The zero-order valence-corrected chi connectivity index (χ0v) is 18.8. The molecule has 0 saturated carbocycles. The van der Waals surface area contributed by atoms with E-state index in [-0.39, 0.29) is 23.4 Å². The van der Waals surface area contributed by atoms with Crippen molar-refractivity contribution in [1.82, 2.24) is 9.55 Å². The highest BCUT2D eigenvalue weighted by molar-refractivity contribution is 7.85. The molecule has 32 heavy (non-hydrogen) atoms. The van der Waals surface area contributed by atoms with Crippen LogP contribution >= 0.6 is 0 Å². The molecule has 0 spiro atoms. The third-order valence-electron chi connectivity index (χ3n) is 5.69. The maximum Gasteiger partial charge on any atom is 0.199 e. The summed E-state index contributed by atoms with van der Waals surface area (Å²) < 4.78 is 15.7. The van der Waals surface area contributed by atoms with Gasteiger partial charge in [-0.15, -0.1) is 0 Å². The standard InChI is InChI=1S/C27H26N2O2S/c1-29-18-17-28-27(29)32(31)26(19-21-11-5-2-6-12-21)24(22-13-7-3-8-14-22)20-25(30)23-15-9-4-10-16-23/h2-18,24,26H,19-20H2,1H3/t24-,26+,32-/m0/s1. The van der Waals surface area contributed by atoms with Crippen molar-refractivity contribution in [2.24, 2.45) is 7.05 Å². The van der Waals surface area contributed by atoms with E-state index in [2.05, 4.69) is 4.98 Å². The first-order chi connectivity index (χ1) is 15.6. The molecule has 3 atom stereocenters. The van der Waals surface area contributed by atoms with Crippen LogP contribution in [0.4, 0.5) is 0 Å². The van der Waals surface area contributed by atoms with Crippen molar-refractivity contribution < 1.29 is 9.00 Å². The van der Waals surface area contributed by atoms with Crippen LogP contribution in [0.3, 0.4) is 0 Å². The van der Waals surface area contributed by atoms with Crippen LogP contribution in [0.5, 0.6) is 0 Å². The Hall–Kier alpha value is -3.31. The summed E-state index contributed by atoms with van der Waals surface area (Å²) in [6.07, 6.45) is 4.34. The number of nitrogens with zero attached hydrogens (tertiary/aromatic N) is 2. The van der Waals surface area contributed by atoms with Crippen LogP contribution in [0.15, 0.2) is 109 Å². The van der Waals surface area contributed by atoms with Crippen LogP contribution < -0.4 is 0 Å². The van der Waals surface area contributed by atoms with Gasteiger partial charge in [-0.2, -0.15) is 0 Å². The first-order valence-electron chi connectivity index (χ1n) is 10.7. The molecule has 0 aliphatic heterocycles. The van der Waals surface area contributed by atoms with Crippen LogP contribution in [0.1, 0.15) is 33.8 Å². The Balaban J connectivity index is 1.75. The molecule has 0 unspecified atom stereocenters. The second-order valence-electron chi connectivity index (χ2n) is 7.86. The molecule has 3 aromatic carbocycles. The van der Waals surface area contributed by atoms with E-state index < -0.39 is 10.8 Å². The molecule has 0 aliphatic carbocycles. The molecule has 4 rings (SSSR count). The van der Waals surface area contributed by atoms with Gasteiger partial charge in [0, 0.05) is 37.3 Å². The van der Waals surface area contributed by atoms with Crippen molar-refractivity contribution in [2.45, 2.75) is 29.2 Å². The van der Waals surface area contributed by atoms with Crippen molar-refractivity contribution in [3.63, 3.8) is 0 Å². The van der Waals surface area contributed by atoms with Crippen LogP contribution in [0.25, 0.3) is 0 Å². The minimum Gasteiger partial charge on any atom is -0.327 e. The summed E-state index contributed by atoms with van der Waals surface area (Å²) in [7, 11) is 0.448. The molecular formula is C27H26N2O2S. The molecule has 0 radical (unpaired) electrons. The lowest BCUT2D eigenvalue weighted by molar-refractivity contribution is 0.0973. The summed E-state index contributed by atoms with van der Waals surface area (Å²) in [4.78, 5) is 17.6. The van der Waals surface area contributed by atoms with Gasteiger partial charge in [0.15, 0.2) is 10.9 Å². The average molecular weight is 443 g/mol. The van der Waals surface area contributed by atoms with Gasteiger partial charge in [-0.3, -0.25) is 9.00 Å². The number of ketones is 1. The van der Waals surface area contributed by atoms with Crippen LogP contribution in [0.2, 0.25) is 0 Å². The maximum absolute atomic E-state index is 13.9. The summed E-state index contributed by atoms with van der Waals surface area (Å²) in [5.74, 6) is -0.170. The monoisotopic (exact) mass is 442 g/mol. The SMILES string of the molecule is Cn1ccnc1[S@@](=O)[C@H](Cc1ccccc1)[C@@H](CC(=O)c1ccccc1)c1ccccc1. The largest absolute Gasteiger partial charge is 0.327 e. The fourth-order valence-corrected chi connectivity index (χ4v) is 5.68. The number of hydrogen-bond acceptors (Lipinski definition) is 3. The number of carbonyl (C=O) groups excluding carboxylic acids is 1. The Morgan fingerprint density at radius 2 is 1.50 bits per heavy atom. The number of Topliss-reactive ketones (excluding diaryl/α,β-unsaturated/α-hetero) is 1. The molecule has 4 aromatic rings. The summed E-state index contributed by atoms with van der Waals surface area (Å²) >= 11 is 0. The van der Waals surface area contributed by atoms with Crippen LogP contribution in [0, 0.1) is 0 Å². The van der Waals surface area contributed by atoms with E-state index in [0.717, 1.165) is 11.1 Å². The molecule has 0 aliphatic rings. The fraction of sp³-hybridized carbons (Fsp3) is 0.185. The van der Waals surface area contributed by atoms with E-state index in [4.69, 9.17) is 0 Å². The smallest absolute Gasteiger partial charge is 0.199 e. The second kappa shape index (κ2) is 10.3. The predicted octanol–water partition coefficient (Wildman–Crippen LogP) is 5.20. The molecule has 1 heterocycles. The molecule has 5 heteroatoms. The maximum atomic E-state index is 13.9. The predicted molar refractivity (Wildman–Crippen MR) is 128 cm³/mol. The Morgan fingerprint density at radius 1 is 0.906 bits per heavy atom. The summed E-state index contributed by atoms with van der Waals surface area (Å²) in [6.45, 7) is 0. The van der Waals surface area contributed by atoms with Gasteiger partial charge in [-0.05, 0) is 17.5 Å². The van der Waals surface area contributed by atoms with Crippen molar-refractivity contribution in [1.29, 1.82) is 0 Å². The molecule has 0 amide bonds. The Labute approximate surface area is 191 Å². The second-order valence-corrected chi connectivity index (χ2v) is 9.42. The molecule has 4 nitrogen and oxygen atoms in total. The van der Waals surface area contributed by atoms with E-state index in [1.165, 1.54) is 0 Å². The third kappa shape index (κ3) is 5.11. The summed E-state index contributed by atoms with van der Waals surface area (Å²) in [5, 5.41) is 0.215. The van der Waals surface area contributed by atoms with E-state index >= 15 is 0 Å². The van der Waals surface area contributed by atoms with E-state index in [1.807, 2.05) is 98.0 Å². The van der Waals surface area contributed by atoms with Gasteiger partial charge < -0.3 is 4.57 Å². The van der Waals surface area contributed by atoms with Crippen LogP contribution in [-0.2, 0) is 24.3 Å². The van der Waals surface area contributed by atoms with Crippen molar-refractivity contribution in [3.05, 3.63) is 120 Å². The van der Waals surface area contributed by atoms with Crippen LogP contribution in [-0.4, -0.2) is 24.8 Å². The topological polar surface area (TPSA) is 52.0 Å². The molecular weight excluding hydrogens is 416 g/mol. The number of aromatic nitrogens is 2. The van der Waals surface area contributed by atoms with E-state index in [9.17, 15) is 9.00 Å². The first-order valence-corrected chi connectivity index (χ1v) is 11.9. The Morgan fingerprint density at radius 3 is 2.09 bits per heavy atom.